The predicted octanol–water partition coefficient (Wildman–Crippen LogP) is 7.28. The Morgan fingerprint density at radius 1 is 1.17 bits per heavy atom. The van der Waals surface area contributed by atoms with Crippen molar-refractivity contribution in [2.24, 2.45) is 10.6 Å². The van der Waals surface area contributed by atoms with E-state index in [1.165, 1.54) is 50.3 Å². The van der Waals surface area contributed by atoms with Crippen LogP contribution in [0.15, 0.2) is 39.4 Å². The smallest absolute Gasteiger partial charge is 0.125 e. The molecule has 1 saturated heterocycles. The molecule has 0 unspecified atom stereocenters. The molecule has 1 aromatic heterocycles. The minimum absolute atomic E-state index is 0.0775. The molecule has 1 aliphatic carbocycles. The van der Waals surface area contributed by atoms with Crippen LogP contribution in [-0.4, -0.2) is 18.1 Å². The zero-order chi connectivity index (χ0) is 20.4. The molecule has 2 heterocycles. The van der Waals surface area contributed by atoms with Gasteiger partial charge in [0.05, 0.1) is 21.4 Å². The molecule has 1 aliphatic heterocycles. The van der Waals surface area contributed by atoms with E-state index in [0.29, 0.717) is 15.5 Å². The van der Waals surface area contributed by atoms with Gasteiger partial charge in [-0.25, -0.2) is 4.98 Å². The first-order chi connectivity index (χ1) is 14.0. The van der Waals surface area contributed by atoms with Crippen molar-refractivity contribution in [2.75, 3.05) is 18.0 Å². The van der Waals surface area contributed by atoms with Gasteiger partial charge in [-0.05, 0) is 61.8 Å². The van der Waals surface area contributed by atoms with Crippen molar-refractivity contribution in [1.29, 1.82) is 0 Å². The highest BCUT2D eigenvalue weighted by molar-refractivity contribution is 7.99. The van der Waals surface area contributed by atoms with Crippen molar-refractivity contribution < 1.29 is 0 Å². The molecule has 1 saturated carbocycles. The van der Waals surface area contributed by atoms with Crippen molar-refractivity contribution in [3.63, 3.8) is 0 Å². The van der Waals surface area contributed by atoms with E-state index in [0.717, 1.165) is 40.0 Å². The Balaban J connectivity index is 1.59. The summed E-state index contributed by atoms with van der Waals surface area (Å²) in [7, 11) is 0. The van der Waals surface area contributed by atoms with Crippen LogP contribution in [0, 0.1) is 17.2 Å². The number of rotatable bonds is 5. The second-order valence-electron chi connectivity index (χ2n) is 8.21. The first-order valence-electron chi connectivity index (χ1n) is 10.2. The zero-order valence-electron chi connectivity index (χ0n) is 16.6. The summed E-state index contributed by atoms with van der Waals surface area (Å²) < 4.78 is 0. The van der Waals surface area contributed by atoms with E-state index in [1.807, 2.05) is 12.1 Å². The average molecular weight is 450 g/mol. The fourth-order valence-electron chi connectivity index (χ4n) is 4.69. The number of piperidine rings is 1. The molecule has 2 aliphatic rings. The largest absolute Gasteiger partial charge is 0.370 e. The van der Waals surface area contributed by atoms with Gasteiger partial charge >= 0.3 is 0 Å². The van der Waals surface area contributed by atoms with Gasteiger partial charge < -0.3 is 4.90 Å². The third kappa shape index (κ3) is 4.42. The second-order valence-corrected chi connectivity index (χ2v) is 10.0. The maximum atomic E-state index is 11.1. The predicted molar refractivity (Wildman–Crippen MR) is 121 cm³/mol. The molecule has 2 fully saturated rings. The summed E-state index contributed by atoms with van der Waals surface area (Å²) in [5.74, 6) is 0. The number of halogens is 2. The van der Waals surface area contributed by atoms with E-state index in [2.05, 4.69) is 23.1 Å². The number of aryl methyl sites for hydroxylation is 1. The van der Waals surface area contributed by atoms with Gasteiger partial charge in [-0.15, -0.1) is 0 Å². The standard InChI is InChI=1S/C22H25Cl2N3OS/c1-15-13-18(27-11-9-22(10-12-27)7-2-3-8-22)17(14-25-28)26-21(15)29-19-6-4-5-16(23)20(19)24/h4-6,13H,2-3,7-12,14H2,1H3. The minimum Gasteiger partial charge on any atom is -0.370 e. The molecule has 0 radical (unpaired) electrons. The molecule has 1 aromatic carbocycles. The van der Waals surface area contributed by atoms with Crippen LogP contribution in [0.4, 0.5) is 5.69 Å². The molecular formula is C22H25Cl2N3OS. The summed E-state index contributed by atoms with van der Waals surface area (Å²) in [5.41, 5.74) is 3.42. The lowest BCUT2D eigenvalue weighted by molar-refractivity contribution is 0.226. The highest BCUT2D eigenvalue weighted by Crippen LogP contribution is 2.47. The summed E-state index contributed by atoms with van der Waals surface area (Å²) in [6, 6.07) is 7.73. The van der Waals surface area contributed by atoms with Crippen molar-refractivity contribution in [2.45, 2.75) is 61.9 Å². The van der Waals surface area contributed by atoms with E-state index in [1.54, 1.807) is 6.07 Å². The van der Waals surface area contributed by atoms with Gasteiger partial charge in [0.1, 0.15) is 11.6 Å². The number of anilines is 1. The minimum atomic E-state index is 0.0775. The van der Waals surface area contributed by atoms with Gasteiger partial charge in [0.25, 0.3) is 0 Å². The number of nitroso groups, excluding NO2 is 1. The Bertz CT molecular complexity index is 905. The van der Waals surface area contributed by atoms with Crippen LogP contribution >= 0.6 is 35.0 Å². The SMILES string of the molecule is Cc1cc(N2CCC3(CCCC3)CC2)c(CN=O)nc1Sc1cccc(Cl)c1Cl. The fraction of sp³-hybridized carbons (Fsp3) is 0.500. The lowest BCUT2D eigenvalue weighted by Gasteiger charge is -2.41. The summed E-state index contributed by atoms with van der Waals surface area (Å²) in [4.78, 5) is 19.2. The van der Waals surface area contributed by atoms with E-state index in [9.17, 15) is 4.91 Å². The molecule has 4 nitrogen and oxygen atoms in total. The van der Waals surface area contributed by atoms with E-state index in [-0.39, 0.29) is 6.54 Å². The number of benzene rings is 1. The zero-order valence-corrected chi connectivity index (χ0v) is 18.9. The Morgan fingerprint density at radius 2 is 1.90 bits per heavy atom. The van der Waals surface area contributed by atoms with Crippen molar-refractivity contribution in [3.05, 3.63) is 50.5 Å². The molecule has 154 valence electrons. The molecule has 0 amide bonds. The summed E-state index contributed by atoms with van der Waals surface area (Å²) in [6.07, 6.45) is 7.95. The van der Waals surface area contributed by atoms with Crippen LogP contribution in [0.2, 0.25) is 10.0 Å². The number of hydrogen-bond acceptors (Lipinski definition) is 5. The summed E-state index contributed by atoms with van der Waals surface area (Å²) >= 11 is 14.0. The molecule has 0 N–H and O–H groups in total. The van der Waals surface area contributed by atoms with Gasteiger partial charge in [-0.1, -0.05) is 59.0 Å². The Hall–Kier alpha value is -1.30. The van der Waals surface area contributed by atoms with Crippen LogP contribution in [-0.2, 0) is 6.54 Å². The fourth-order valence-corrected chi connectivity index (χ4v) is 6.09. The number of aromatic nitrogens is 1. The Kier molecular flexibility index (Phi) is 6.38. The van der Waals surface area contributed by atoms with Crippen LogP contribution in [0.3, 0.4) is 0 Å². The number of pyridine rings is 1. The monoisotopic (exact) mass is 449 g/mol. The summed E-state index contributed by atoms with van der Waals surface area (Å²) in [6.45, 7) is 4.19. The molecule has 0 bridgehead atoms. The number of nitrogens with zero attached hydrogens (tertiary/aromatic N) is 3. The van der Waals surface area contributed by atoms with Crippen LogP contribution in [0.1, 0.15) is 49.8 Å². The maximum Gasteiger partial charge on any atom is 0.125 e. The Labute approximate surface area is 186 Å². The van der Waals surface area contributed by atoms with Crippen molar-refractivity contribution in [3.8, 4) is 0 Å². The first kappa shape index (κ1) is 21.0. The van der Waals surface area contributed by atoms with Crippen molar-refractivity contribution >= 4 is 40.7 Å². The molecule has 0 atom stereocenters. The van der Waals surface area contributed by atoms with E-state index >= 15 is 0 Å². The third-order valence-corrected chi connectivity index (χ3v) is 8.49. The van der Waals surface area contributed by atoms with Gasteiger partial charge in [0.15, 0.2) is 0 Å². The Morgan fingerprint density at radius 3 is 2.59 bits per heavy atom. The molecule has 1 spiro atoms. The molecule has 4 rings (SSSR count). The van der Waals surface area contributed by atoms with Gasteiger partial charge in [-0.3, -0.25) is 0 Å². The lowest BCUT2D eigenvalue weighted by Crippen LogP contribution is -2.39. The highest BCUT2D eigenvalue weighted by atomic mass is 35.5. The van der Waals surface area contributed by atoms with Crippen LogP contribution < -0.4 is 4.90 Å². The topological polar surface area (TPSA) is 45.6 Å². The van der Waals surface area contributed by atoms with E-state index in [4.69, 9.17) is 28.2 Å². The molecular weight excluding hydrogens is 425 g/mol. The first-order valence-corrected chi connectivity index (χ1v) is 11.7. The highest BCUT2D eigenvalue weighted by Gasteiger charge is 2.37. The maximum absolute atomic E-state index is 11.1. The average Bonchev–Trinajstić information content (AvgIpc) is 3.16. The normalized spacial score (nSPS) is 18.4. The second kappa shape index (κ2) is 8.83. The summed E-state index contributed by atoms with van der Waals surface area (Å²) in [5, 5.41) is 5.03. The van der Waals surface area contributed by atoms with Gasteiger partial charge in [-0.2, -0.15) is 4.91 Å². The van der Waals surface area contributed by atoms with E-state index < -0.39 is 0 Å². The molecule has 7 heteroatoms. The quantitative estimate of drug-likeness (QED) is 0.449. The molecule has 2 aromatic rings. The molecule has 29 heavy (non-hydrogen) atoms. The van der Waals surface area contributed by atoms with Gasteiger partial charge in [0.2, 0.25) is 0 Å². The van der Waals surface area contributed by atoms with Crippen molar-refractivity contribution in [1.82, 2.24) is 4.98 Å². The lowest BCUT2D eigenvalue weighted by atomic mass is 9.77. The van der Waals surface area contributed by atoms with Crippen LogP contribution in [0.5, 0.6) is 0 Å². The number of hydrogen-bond donors (Lipinski definition) is 0. The third-order valence-electron chi connectivity index (χ3n) is 6.39. The van der Waals surface area contributed by atoms with Gasteiger partial charge in [0, 0.05) is 18.0 Å². The van der Waals surface area contributed by atoms with Crippen LogP contribution in [0.25, 0.3) is 0 Å².